The number of carbonyl (C=O) groups excluding carboxylic acids is 1. The van der Waals surface area contributed by atoms with E-state index >= 15 is 0 Å². The third kappa shape index (κ3) is 5.12. The predicted octanol–water partition coefficient (Wildman–Crippen LogP) is 3.62. The van der Waals surface area contributed by atoms with Gasteiger partial charge < -0.3 is 20.1 Å². The van der Waals surface area contributed by atoms with E-state index in [0.29, 0.717) is 24.5 Å². The van der Waals surface area contributed by atoms with Crippen molar-refractivity contribution >= 4 is 6.03 Å². The van der Waals surface area contributed by atoms with Gasteiger partial charge in [-0.2, -0.15) is 0 Å². The van der Waals surface area contributed by atoms with Crippen LogP contribution in [-0.2, 0) is 12.0 Å². The summed E-state index contributed by atoms with van der Waals surface area (Å²) in [5, 5.41) is 5.77. The number of ether oxygens (including phenoxy) is 2. The maximum absolute atomic E-state index is 12.9. The molecule has 2 amide bonds. The van der Waals surface area contributed by atoms with Crippen molar-refractivity contribution in [3.63, 3.8) is 0 Å². The zero-order valence-electron chi connectivity index (χ0n) is 15.6. The minimum absolute atomic E-state index is 0.267. The zero-order chi connectivity index (χ0) is 19.2. The van der Waals surface area contributed by atoms with Crippen LogP contribution in [0, 0.1) is 5.82 Å². The van der Waals surface area contributed by atoms with Crippen LogP contribution in [0.4, 0.5) is 9.18 Å². The van der Waals surface area contributed by atoms with Crippen LogP contribution in [-0.4, -0.2) is 26.8 Å². The number of amides is 2. The topological polar surface area (TPSA) is 59.6 Å². The number of benzene rings is 2. The molecule has 2 aromatic carbocycles. The minimum atomic E-state index is -0.598. The first-order valence-electron chi connectivity index (χ1n) is 8.38. The predicted molar refractivity (Wildman–Crippen MR) is 99.2 cm³/mol. The molecular weight excluding hydrogens is 335 g/mol. The maximum Gasteiger partial charge on any atom is 0.315 e. The normalized spacial score (nSPS) is 11.0. The zero-order valence-corrected chi connectivity index (χ0v) is 15.6. The second-order valence-electron chi connectivity index (χ2n) is 6.45. The van der Waals surface area contributed by atoms with E-state index in [1.807, 2.05) is 32.0 Å². The lowest BCUT2D eigenvalue weighted by atomic mass is 9.94. The lowest BCUT2D eigenvalue weighted by molar-refractivity contribution is 0.230. The van der Waals surface area contributed by atoms with Gasteiger partial charge in [0.25, 0.3) is 0 Å². The minimum Gasteiger partial charge on any atom is -0.493 e. The van der Waals surface area contributed by atoms with Gasteiger partial charge in [-0.1, -0.05) is 18.2 Å². The third-order valence-corrected chi connectivity index (χ3v) is 4.14. The summed E-state index contributed by atoms with van der Waals surface area (Å²) in [6.07, 6.45) is 0.629. The van der Waals surface area contributed by atoms with E-state index in [4.69, 9.17) is 9.47 Å². The van der Waals surface area contributed by atoms with E-state index in [1.54, 1.807) is 26.4 Å². The average molecular weight is 360 g/mol. The number of rotatable bonds is 7. The van der Waals surface area contributed by atoms with Gasteiger partial charge in [0.1, 0.15) is 5.82 Å². The Morgan fingerprint density at radius 1 is 1.04 bits per heavy atom. The summed E-state index contributed by atoms with van der Waals surface area (Å²) in [5.74, 6) is 0.975. The smallest absolute Gasteiger partial charge is 0.315 e. The molecule has 0 heterocycles. The Bertz CT molecular complexity index is 745. The van der Waals surface area contributed by atoms with E-state index in [0.717, 1.165) is 11.1 Å². The van der Waals surface area contributed by atoms with E-state index in [2.05, 4.69) is 10.6 Å². The monoisotopic (exact) mass is 360 g/mol. The van der Waals surface area contributed by atoms with Crippen LogP contribution < -0.4 is 20.1 Å². The molecule has 0 saturated carbocycles. The molecule has 5 nitrogen and oxygen atoms in total. The molecule has 0 spiro atoms. The largest absolute Gasteiger partial charge is 0.493 e. The Balaban J connectivity index is 1.93. The Hall–Kier alpha value is -2.76. The quantitative estimate of drug-likeness (QED) is 0.793. The highest BCUT2D eigenvalue weighted by Gasteiger charge is 2.24. The van der Waals surface area contributed by atoms with Crippen LogP contribution in [0.1, 0.15) is 25.0 Å². The first-order valence-corrected chi connectivity index (χ1v) is 8.38. The number of nitrogens with one attached hydrogen (secondary N) is 2. The fraction of sp³-hybridized carbons (Fsp3) is 0.350. The number of hydrogen-bond acceptors (Lipinski definition) is 3. The molecule has 0 radical (unpaired) electrons. The summed E-state index contributed by atoms with van der Waals surface area (Å²) in [4.78, 5) is 12.2. The molecule has 0 aliphatic rings. The molecule has 140 valence electrons. The molecule has 2 N–H and O–H groups in total. The highest BCUT2D eigenvalue weighted by Crippen LogP contribution is 2.31. The van der Waals surface area contributed by atoms with Crippen LogP contribution in [0.25, 0.3) is 0 Å². The molecule has 0 unspecified atom stereocenters. The van der Waals surface area contributed by atoms with Crippen LogP contribution in [0.15, 0.2) is 42.5 Å². The SMILES string of the molecule is COc1ccc(C(C)(C)NC(=O)NCCc2ccc(F)cc2)cc1OC. The van der Waals surface area contributed by atoms with Gasteiger partial charge in [0.15, 0.2) is 11.5 Å². The molecule has 0 atom stereocenters. The van der Waals surface area contributed by atoms with Gasteiger partial charge in [-0.25, -0.2) is 9.18 Å². The second kappa shape index (κ2) is 8.56. The average Bonchev–Trinajstić information content (AvgIpc) is 2.62. The van der Waals surface area contributed by atoms with Crippen LogP contribution in [0.5, 0.6) is 11.5 Å². The molecule has 0 aromatic heterocycles. The Labute approximate surface area is 153 Å². The first kappa shape index (κ1) is 19.6. The number of urea groups is 1. The second-order valence-corrected chi connectivity index (χ2v) is 6.45. The Kier molecular flexibility index (Phi) is 6.44. The molecule has 0 aliphatic carbocycles. The third-order valence-electron chi connectivity index (χ3n) is 4.14. The van der Waals surface area contributed by atoms with Gasteiger partial charge in [0.2, 0.25) is 0 Å². The van der Waals surface area contributed by atoms with E-state index in [1.165, 1.54) is 12.1 Å². The van der Waals surface area contributed by atoms with Gasteiger partial charge >= 0.3 is 6.03 Å². The van der Waals surface area contributed by atoms with Crippen LogP contribution in [0.2, 0.25) is 0 Å². The van der Waals surface area contributed by atoms with Crippen molar-refractivity contribution in [2.75, 3.05) is 20.8 Å². The molecular formula is C20H25FN2O3. The summed E-state index contributed by atoms with van der Waals surface area (Å²) >= 11 is 0. The van der Waals surface area contributed by atoms with E-state index in [-0.39, 0.29) is 11.8 Å². The summed E-state index contributed by atoms with van der Waals surface area (Å²) in [7, 11) is 3.15. The number of hydrogen-bond donors (Lipinski definition) is 2. The van der Waals surface area contributed by atoms with Gasteiger partial charge in [0, 0.05) is 6.54 Å². The summed E-state index contributed by atoms with van der Waals surface area (Å²) < 4.78 is 23.4. The summed E-state index contributed by atoms with van der Waals surface area (Å²) in [6, 6.07) is 11.5. The number of methoxy groups -OCH3 is 2. The van der Waals surface area contributed by atoms with Gasteiger partial charge in [-0.05, 0) is 55.7 Å². The van der Waals surface area contributed by atoms with Crippen molar-refractivity contribution in [2.24, 2.45) is 0 Å². The fourth-order valence-corrected chi connectivity index (χ4v) is 2.60. The van der Waals surface area contributed by atoms with Crippen molar-refractivity contribution in [3.05, 3.63) is 59.4 Å². The highest BCUT2D eigenvalue weighted by atomic mass is 19.1. The van der Waals surface area contributed by atoms with Crippen molar-refractivity contribution in [1.82, 2.24) is 10.6 Å². The van der Waals surface area contributed by atoms with E-state index < -0.39 is 5.54 Å². The number of halogens is 1. The maximum atomic E-state index is 12.9. The van der Waals surface area contributed by atoms with E-state index in [9.17, 15) is 9.18 Å². The number of carbonyl (C=O) groups is 1. The molecule has 0 aliphatic heterocycles. The van der Waals surface area contributed by atoms with Crippen molar-refractivity contribution in [1.29, 1.82) is 0 Å². The summed E-state index contributed by atoms with van der Waals surface area (Å²) in [5.41, 5.74) is 1.26. The molecule has 2 rings (SSSR count). The summed E-state index contributed by atoms with van der Waals surface area (Å²) in [6.45, 7) is 4.28. The molecule has 0 fully saturated rings. The molecule has 26 heavy (non-hydrogen) atoms. The lowest BCUT2D eigenvalue weighted by Crippen LogP contribution is -2.46. The van der Waals surface area contributed by atoms with Crippen LogP contribution >= 0.6 is 0 Å². The molecule has 2 aromatic rings. The van der Waals surface area contributed by atoms with Gasteiger partial charge in [-0.15, -0.1) is 0 Å². The molecule has 0 bridgehead atoms. The standard InChI is InChI=1S/C20H25FN2O3/c1-20(2,15-7-10-17(25-3)18(13-15)26-4)23-19(24)22-12-11-14-5-8-16(21)9-6-14/h5-10,13H,11-12H2,1-4H3,(H2,22,23,24). The van der Waals surface area contributed by atoms with Crippen LogP contribution in [0.3, 0.4) is 0 Å². The van der Waals surface area contributed by atoms with Gasteiger partial charge in [-0.3, -0.25) is 0 Å². The fourth-order valence-electron chi connectivity index (χ4n) is 2.60. The molecule has 6 heteroatoms. The highest BCUT2D eigenvalue weighted by molar-refractivity contribution is 5.75. The Morgan fingerprint density at radius 3 is 2.31 bits per heavy atom. The van der Waals surface area contributed by atoms with Gasteiger partial charge in [0.05, 0.1) is 19.8 Å². The molecule has 0 saturated heterocycles. The Morgan fingerprint density at radius 2 is 1.69 bits per heavy atom. The van der Waals surface area contributed by atoms with Crippen molar-refractivity contribution in [3.8, 4) is 11.5 Å². The van der Waals surface area contributed by atoms with Crippen molar-refractivity contribution in [2.45, 2.75) is 25.8 Å². The first-order chi connectivity index (χ1) is 12.4. The lowest BCUT2D eigenvalue weighted by Gasteiger charge is -2.27. The van der Waals surface area contributed by atoms with Crippen molar-refractivity contribution < 1.29 is 18.7 Å².